The average molecular weight is 504 g/mol. The Balaban J connectivity index is 1.36. The quantitative estimate of drug-likeness (QED) is 0.344. The summed E-state index contributed by atoms with van der Waals surface area (Å²) in [5, 5.41) is 26.4. The van der Waals surface area contributed by atoms with Crippen molar-refractivity contribution < 1.29 is 29.2 Å². The second kappa shape index (κ2) is 11.0. The third-order valence-corrected chi connectivity index (χ3v) is 6.64. The standard InChI is InChI=1S/C24H33N5O7/c1-12-16(36-23-21(31)20(30)19(26-3)13(2)35-23)8-9-18(34-12)29-11-10-17(28-24(29)33)27-22(32)14-4-6-15(25)7-5-14/h4-7,10-13,16,18-21,23,26,30-31H,8-9,25H2,1-3H3,(H,27,28,32,33)/t12-,13-,16+,18-,19-,20+,21-,23-/m1/s1. The Labute approximate surface area is 208 Å². The zero-order valence-corrected chi connectivity index (χ0v) is 20.4. The number of aliphatic hydroxyl groups excluding tert-OH is 2. The first-order chi connectivity index (χ1) is 17.2. The summed E-state index contributed by atoms with van der Waals surface area (Å²) in [6.07, 6.45) is -2.52. The molecule has 36 heavy (non-hydrogen) atoms. The van der Waals surface area contributed by atoms with Crippen molar-refractivity contribution in [1.29, 1.82) is 0 Å². The fraction of sp³-hybridized carbons (Fsp3) is 0.542. The molecule has 0 spiro atoms. The van der Waals surface area contributed by atoms with E-state index in [1.54, 1.807) is 38.2 Å². The van der Waals surface area contributed by atoms with Gasteiger partial charge in [-0.2, -0.15) is 4.98 Å². The van der Waals surface area contributed by atoms with Crippen LogP contribution in [0, 0.1) is 0 Å². The molecular weight excluding hydrogens is 470 g/mol. The maximum Gasteiger partial charge on any atom is 0.351 e. The molecular formula is C24H33N5O7. The summed E-state index contributed by atoms with van der Waals surface area (Å²) in [6.45, 7) is 3.60. The molecule has 2 saturated heterocycles. The van der Waals surface area contributed by atoms with Gasteiger partial charge >= 0.3 is 5.69 Å². The van der Waals surface area contributed by atoms with Gasteiger partial charge in [0.15, 0.2) is 6.29 Å². The van der Waals surface area contributed by atoms with E-state index in [1.165, 1.54) is 16.8 Å². The Morgan fingerprint density at radius 3 is 2.47 bits per heavy atom. The Kier molecular flexibility index (Phi) is 8.03. The van der Waals surface area contributed by atoms with Crippen LogP contribution in [0.15, 0.2) is 41.3 Å². The molecule has 0 bridgehead atoms. The molecule has 1 amide bonds. The van der Waals surface area contributed by atoms with E-state index in [9.17, 15) is 19.8 Å². The van der Waals surface area contributed by atoms with E-state index in [4.69, 9.17) is 19.9 Å². The SMILES string of the molecule is CN[C@H]1[C@H](O)[C@@H](O)[C@@H](O[C@H]2CC[C@H](n3ccc(NC(=O)c4ccc(N)cc4)nc3=O)O[C@@H]2C)O[C@@H]1C. The van der Waals surface area contributed by atoms with Gasteiger partial charge < -0.3 is 40.8 Å². The van der Waals surface area contributed by atoms with Crippen molar-refractivity contribution in [2.75, 3.05) is 18.1 Å². The molecule has 196 valence electrons. The van der Waals surface area contributed by atoms with Crippen LogP contribution in [0.5, 0.6) is 0 Å². The summed E-state index contributed by atoms with van der Waals surface area (Å²) in [6, 6.07) is 7.51. The van der Waals surface area contributed by atoms with Gasteiger partial charge in [0.1, 0.15) is 24.3 Å². The second-order valence-electron chi connectivity index (χ2n) is 9.13. The highest BCUT2D eigenvalue weighted by atomic mass is 16.7. The minimum Gasteiger partial charge on any atom is -0.399 e. The predicted octanol–water partition coefficient (Wildman–Crippen LogP) is 0.215. The highest BCUT2D eigenvalue weighted by molar-refractivity contribution is 6.03. The number of rotatable bonds is 6. The first kappa shape index (κ1) is 26.2. The molecule has 8 atom stereocenters. The lowest BCUT2D eigenvalue weighted by Gasteiger charge is -2.44. The number of hydrogen-bond donors (Lipinski definition) is 5. The summed E-state index contributed by atoms with van der Waals surface area (Å²) >= 11 is 0. The van der Waals surface area contributed by atoms with Crippen LogP contribution in [0.3, 0.4) is 0 Å². The molecule has 0 radical (unpaired) electrons. The molecule has 1 aromatic carbocycles. The number of nitrogens with one attached hydrogen (secondary N) is 2. The summed E-state index contributed by atoms with van der Waals surface area (Å²) in [7, 11) is 1.69. The smallest absolute Gasteiger partial charge is 0.351 e. The predicted molar refractivity (Wildman–Crippen MR) is 130 cm³/mol. The number of likely N-dealkylation sites (N-methyl/N-ethyl adjacent to an activating group) is 1. The van der Waals surface area contributed by atoms with Crippen LogP contribution in [-0.2, 0) is 14.2 Å². The van der Waals surface area contributed by atoms with Crippen molar-refractivity contribution in [3.8, 4) is 0 Å². The van der Waals surface area contributed by atoms with E-state index in [1.807, 2.05) is 6.92 Å². The molecule has 12 nitrogen and oxygen atoms in total. The van der Waals surface area contributed by atoms with Crippen LogP contribution < -0.4 is 22.1 Å². The summed E-state index contributed by atoms with van der Waals surface area (Å²) < 4.78 is 19.1. The average Bonchev–Trinajstić information content (AvgIpc) is 2.84. The zero-order chi connectivity index (χ0) is 26.0. The molecule has 0 saturated carbocycles. The van der Waals surface area contributed by atoms with Gasteiger partial charge in [-0.1, -0.05) is 0 Å². The molecule has 2 aliphatic rings. The molecule has 0 unspecified atom stereocenters. The Hall–Kier alpha value is -2.87. The zero-order valence-electron chi connectivity index (χ0n) is 20.4. The number of aliphatic hydroxyl groups is 2. The lowest BCUT2D eigenvalue weighted by molar-refractivity contribution is -0.303. The Bertz CT molecular complexity index is 1110. The first-order valence-electron chi connectivity index (χ1n) is 11.9. The lowest BCUT2D eigenvalue weighted by atomic mass is 9.97. The molecule has 0 aliphatic carbocycles. The number of aromatic nitrogens is 2. The molecule has 3 heterocycles. The van der Waals surface area contributed by atoms with Crippen LogP contribution in [-0.4, -0.2) is 75.6 Å². The molecule has 2 aromatic rings. The van der Waals surface area contributed by atoms with Crippen LogP contribution in [0.4, 0.5) is 11.5 Å². The number of nitrogens with two attached hydrogens (primary N) is 1. The Morgan fingerprint density at radius 1 is 1.11 bits per heavy atom. The van der Waals surface area contributed by atoms with Gasteiger partial charge in [0, 0.05) is 17.4 Å². The number of amides is 1. The number of benzene rings is 1. The molecule has 12 heteroatoms. The second-order valence-corrected chi connectivity index (χ2v) is 9.13. The monoisotopic (exact) mass is 503 g/mol. The highest BCUT2D eigenvalue weighted by Gasteiger charge is 2.44. The van der Waals surface area contributed by atoms with Crippen molar-refractivity contribution in [2.24, 2.45) is 0 Å². The number of nitrogens with zero attached hydrogens (tertiary/aromatic N) is 2. The van der Waals surface area contributed by atoms with Gasteiger partial charge in [0.25, 0.3) is 5.91 Å². The molecule has 2 fully saturated rings. The number of ether oxygens (including phenoxy) is 3. The third-order valence-electron chi connectivity index (χ3n) is 6.64. The highest BCUT2D eigenvalue weighted by Crippen LogP contribution is 2.31. The van der Waals surface area contributed by atoms with Crippen molar-refractivity contribution in [2.45, 2.75) is 75.8 Å². The van der Waals surface area contributed by atoms with E-state index in [2.05, 4.69) is 15.6 Å². The van der Waals surface area contributed by atoms with E-state index >= 15 is 0 Å². The summed E-state index contributed by atoms with van der Waals surface area (Å²) in [5.41, 5.74) is 6.01. The Morgan fingerprint density at radius 2 is 1.83 bits per heavy atom. The molecule has 2 aliphatic heterocycles. The van der Waals surface area contributed by atoms with Gasteiger partial charge in [0.2, 0.25) is 0 Å². The van der Waals surface area contributed by atoms with Crippen molar-refractivity contribution in [3.05, 3.63) is 52.6 Å². The van der Waals surface area contributed by atoms with Crippen LogP contribution >= 0.6 is 0 Å². The summed E-state index contributed by atoms with van der Waals surface area (Å²) in [5.74, 6) is -0.283. The summed E-state index contributed by atoms with van der Waals surface area (Å²) in [4.78, 5) is 29.0. The largest absolute Gasteiger partial charge is 0.399 e. The van der Waals surface area contributed by atoms with Gasteiger partial charge in [-0.15, -0.1) is 0 Å². The lowest BCUT2D eigenvalue weighted by Crippen LogP contribution is -2.62. The van der Waals surface area contributed by atoms with Crippen molar-refractivity contribution in [3.63, 3.8) is 0 Å². The van der Waals surface area contributed by atoms with Gasteiger partial charge in [-0.25, -0.2) is 4.79 Å². The van der Waals surface area contributed by atoms with E-state index in [0.717, 1.165) is 0 Å². The van der Waals surface area contributed by atoms with Gasteiger partial charge in [0.05, 0.1) is 24.4 Å². The number of anilines is 2. The van der Waals surface area contributed by atoms with Gasteiger partial charge in [-0.05, 0) is 64.1 Å². The van der Waals surface area contributed by atoms with E-state index in [0.29, 0.717) is 24.1 Å². The topological polar surface area (TPSA) is 170 Å². The third kappa shape index (κ3) is 5.59. The van der Waals surface area contributed by atoms with E-state index < -0.39 is 54.6 Å². The number of carbonyl (C=O) groups excluding carboxylic acids is 1. The van der Waals surface area contributed by atoms with Crippen LogP contribution in [0.2, 0.25) is 0 Å². The first-order valence-corrected chi connectivity index (χ1v) is 11.9. The van der Waals surface area contributed by atoms with Crippen molar-refractivity contribution in [1.82, 2.24) is 14.9 Å². The van der Waals surface area contributed by atoms with Crippen LogP contribution in [0.1, 0.15) is 43.3 Å². The normalized spacial score (nSPS) is 32.7. The molecule has 1 aromatic heterocycles. The molecule has 6 N–H and O–H groups in total. The number of hydrogen-bond acceptors (Lipinski definition) is 10. The fourth-order valence-electron chi connectivity index (χ4n) is 4.57. The maximum atomic E-state index is 12.7. The van der Waals surface area contributed by atoms with E-state index in [-0.39, 0.29) is 11.9 Å². The fourth-order valence-corrected chi connectivity index (χ4v) is 4.57. The minimum atomic E-state index is -1.22. The van der Waals surface area contributed by atoms with Crippen molar-refractivity contribution >= 4 is 17.4 Å². The maximum absolute atomic E-state index is 12.7. The minimum absolute atomic E-state index is 0.124. The van der Waals surface area contributed by atoms with Gasteiger partial charge in [-0.3, -0.25) is 9.36 Å². The number of nitrogen functional groups attached to an aromatic ring is 1. The molecule has 4 rings (SSSR count). The number of carbonyl (C=O) groups is 1. The van der Waals surface area contributed by atoms with Crippen LogP contribution in [0.25, 0.3) is 0 Å².